The third kappa shape index (κ3) is 3.63. The van der Waals surface area contributed by atoms with E-state index in [2.05, 4.69) is 6.92 Å². The Morgan fingerprint density at radius 1 is 1.24 bits per heavy atom. The fourth-order valence-corrected chi connectivity index (χ4v) is 2.51. The lowest BCUT2D eigenvalue weighted by atomic mass is 10.0. The molecule has 1 aromatic carbocycles. The Kier molecular flexibility index (Phi) is 5.37. The molecule has 0 N–H and O–H groups in total. The van der Waals surface area contributed by atoms with Gasteiger partial charge in [-0.05, 0) is 31.0 Å². The van der Waals surface area contributed by atoms with Crippen molar-refractivity contribution in [2.75, 3.05) is 18.1 Å². The molecular formula is C17H23NO3. The van der Waals surface area contributed by atoms with E-state index >= 15 is 0 Å². The van der Waals surface area contributed by atoms with Crippen molar-refractivity contribution in [3.8, 4) is 5.75 Å². The number of rotatable bonds is 7. The van der Waals surface area contributed by atoms with Gasteiger partial charge in [-0.15, -0.1) is 0 Å². The van der Waals surface area contributed by atoms with Gasteiger partial charge in [-0.1, -0.05) is 26.7 Å². The molecule has 0 saturated carbocycles. The first-order chi connectivity index (χ1) is 10.2. The maximum Gasteiger partial charge on any atom is 0.265 e. The van der Waals surface area contributed by atoms with E-state index < -0.39 is 0 Å². The molecule has 4 nitrogen and oxygen atoms in total. The Bertz CT molecular complexity index is 525. The molecule has 4 heteroatoms. The lowest BCUT2D eigenvalue weighted by Crippen LogP contribution is -2.39. The number of hydrogen-bond donors (Lipinski definition) is 0. The van der Waals surface area contributed by atoms with Crippen LogP contribution in [0, 0.1) is 0 Å². The first kappa shape index (κ1) is 15.5. The van der Waals surface area contributed by atoms with Crippen LogP contribution in [0.4, 0.5) is 5.69 Å². The summed E-state index contributed by atoms with van der Waals surface area (Å²) in [7, 11) is 0. The summed E-state index contributed by atoms with van der Waals surface area (Å²) in [6.45, 7) is 4.90. The Hall–Kier alpha value is -1.84. The van der Waals surface area contributed by atoms with Crippen molar-refractivity contribution in [2.24, 2.45) is 0 Å². The summed E-state index contributed by atoms with van der Waals surface area (Å²) in [5.41, 5.74) is 1.40. The number of ketones is 1. The van der Waals surface area contributed by atoms with Gasteiger partial charge in [-0.2, -0.15) is 0 Å². The quantitative estimate of drug-likeness (QED) is 0.569. The molecule has 0 radical (unpaired) electrons. The molecule has 1 aliphatic heterocycles. The molecule has 0 bridgehead atoms. The van der Waals surface area contributed by atoms with E-state index in [9.17, 15) is 9.59 Å². The summed E-state index contributed by atoms with van der Waals surface area (Å²) >= 11 is 0. The molecule has 2 rings (SSSR count). The highest BCUT2D eigenvalue weighted by Gasteiger charge is 2.25. The van der Waals surface area contributed by atoms with E-state index in [1.165, 1.54) is 0 Å². The zero-order valence-corrected chi connectivity index (χ0v) is 12.9. The minimum absolute atomic E-state index is 0.0290. The van der Waals surface area contributed by atoms with Crippen molar-refractivity contribution in [3.63, 3.8) is 0 Å². The van der Waals surface area contributed by atoms with E-state index in [1.807, 2.05) is 6.92 Å². The Balaban J connectivity index is 2.24. The Morgan fingerprint density at radius 2 is 2.05 bits per heavy atom. The second kappa shape index (κ2) is 7.25. The number of unbranched alkanes of at least 4 members (excludes halogenated alkanes) is 2. The molecular weight excluding hydrogens is 266 g/mol. The number of ether oxygens (including phenoxy) is 1. The van der Waals surface area contributed by atoms with E-state index in [0.717, 1.165) is 31.4 Å². The number of carbonyl (C=O) groups is 2. The molecule has 1 heterocycles. The molecule has 0 unspecified atom stereocenters. The van der Waals surface area contributed by atoms with Crippen molar-refractivity contribution >= 4 is 17.4 Å². The average molecular weight is 289 g/mol. The summed E-state index contributed by atoms with van der Waals surface area (Å²) in [6.07, 6.45) is 4.53. The van der Waals surface area contributed by atoms with Crippen LogP contribution in [0.2, 0.25) is 0 Å². The number of Topliss-reactive ketones (excluding diaryl/α,β-unsaturated/α-hetero) is 1. The summed E-state index contributed by atoms with van der Waals surface area (Å²) in [5.74, 6) is 0.782. The summed E-state index contributed by atoms with van der Waals surface area (Å²) < 4.78 is 5.46. The van der Waals surface area contributed by atoms with Gasteiger partial charge in [0.1, 0.15) is 5.75 Å². The standard InChI is InChI=1S/C17H23NO3/c1-3-5-6-10-18-14-11-13(15(19)7-4-2)8-9-16(14)21-12-17(18)20/h8-9,11H,3-7,10,12H2,1-2H3. The predicted octanol–water partition coefficient (Wildman–Crippen LogP) is 3.59. The minimum Gasteiger partial charge on any atom is -0.482 e. The third-order valence-electron chi connectivity index (χ3n) is 3.69. The van der Waals surface area contributed by atoms with Gasteiger partial charge in [0.05, 0.1) is 5.69 Å². The number of amides is 1. The molecule has 0 aromatic heterocycles. The topological polar surface area (TPSA) is 46.6 Å². The van der Waals surface area contributed by atoms with Crippen LogP contribution in [0.15, 0.2) is 18.2 Å². The number of anilines is 1. The van der Waals surface area contributed by atoms with Gasteiger partial charge >= 0.3 is 0 Å². The van der Waals surface area contributed by atoms with Crippen LogP contribution in [-0.4, -0.2) is 24.8 Å². The van der Waals surface area contributed by atoms with Crippen LogP contribution in [0.25, 0.3) is 0 Å². The van der Waals surface area contributed by atoms with Crippen molar-refractivity contribution < 1.29 is 14.3 Å². The normalized spacial score (nSPS) is 13.8. The summed E-state index contributed by atoms with van der Waals surface area (Å²) in [4.78, 5) is 25.9. The number of hydrogen-bond acceptors (Lipinski definition) is 3. The maximum absolute atomic E-state index is 12.1. The SMILES string of the molecule is CCCCCN1C(=O)COc2ccc(C(=O)CCC)cc21. The predicted molar refractivity (Wildman–Crippen MR) is 83.1 cm³/mol. The van der Waals surface area contributed by atoms with Crippen LogP contribution in [-0.2, 0) is 4.79 Å². The van der Waals surface area contributed by atoms with Crippen LogP contribution >= 0.6 is 0 Å². The molecule has 0 spiro atoms. The summed E-state index contributed by atoms with van der Waals surface area (Å²) in [6, 6.07) is 5.39. The highest BCUT2D eigenvalue weighted by Crippen LogP contribution is 2.33. The van der Waals surface area contributed by atoms with Crippen LogP contribution < -0.4 is 9.64 Å². The lowest BCUT2D eigenvalue weighted by Gasteiger charge is -2.29. The zero-order valence-electron chi connectivity index (χ0n) is 12.9. The summed E-state index contributed by atoms with van der Waals surface area (Å²) in [5, 5.41) is 0. The molecule has 1 aromatic rings. The average Bonchev–Trinajstić information content (AvgIpc) is 2.49. The molecule has 0 fully saturated rings. The molecule has 0 atom stereocenters. The van der Waals surface area contributed by atoms with Crippen molar-refractivity contribution in [3.05, 3.63) is 23.8 Å². The third-order valence-corrected chi connectivity index (χ3v) is 3.69. The van der Waals surface area contributed by atoms with Crippen molar-refractivity contribution in [2.45, 2.75) is 46.0 Å². The van der Waals surface area contributed by atoms with Gasteiger partial charge in [0.25, 0.3) is 5.91 Å². The molecule has 0 saturated heterocycles. The van der Waals surface area contributed by atoms with E-state index in [1.54, 1.807) is 23.1 Å². The largest absolute Gasteiger partial charge is 0.482 e. The second-order valence-electron chi connectivity index (χ2n) is 5.40. The fourth-order valence-electron chi connectivity index (χ4n) is 2.51. The number of carbonyl (C=O) groups excluding carboxylic acids is 2. The van der Waals surface area contributed by atoms with Gasteiger partial charge in [0.15, 0.2) is 12.4 Å². The second-order valence-corrected chi connectivity index (χ2v) is 5.40. The molecule has 21 heavy (non-hydrogen) atoms. The zero-order chi connectivity index (χ0) is 15.2. The fraction of sp³-hybridized carbons (Fsp3) is 0.529. The van der Waals surface area contributed by atoms with Gasteiger partial charge < -0.3 is 9.64 Å². The molecule has 0 aliphatic carbocycles. The Labute approximate surface area is 126 Å². The first-order valence-electron chi connectivity index (χ1n) is 7.77. The molecule has 1 amide bonds. The van der Waals surface area contributed by atoms with E-state index in [0.29, 0.717) is 24.3 Å². The number of benzene rings is 1. The number of fused-ring (bicyclic) bond motifs is 1. The number of nitrogens with zero attached hydrogens (tertiary/aromatic N) is 1. The van der Waals surface area contributed by atoms with Gasteiger partial charge in [0, 0.05) is 18.5 Å². The van der Waals surface area contributed by atoms with Crippen LogP contribution in [0.3, 0.4) is 0 Å². The van der Waals surface area contributed by atoms with Crippen LogP contribution in [0.1, 0.15) is 56.3 Å². The minimum atomic E-state index is -0.0290. The van der Waals surface area contributed by atoms with Gasteiger partial charge in [0.2, 0.25) is 0 Å². The van der Waals surface area contributed by atoms with Crippen LogP contribution in [0.5, 0.6) is 5.75 Å². The highest BCUT2D eigenvalue weighted by molar-refractivity contribution is 6.01. The first-order valence-corrected chi connectivity index (χ1v) is 7.77. The van der Waals surface area contributed by atoms with Crippen molar-refractivity contribution in [1.82, 2.24) is 0 Å². The van der Waals surface area contributed by atoms with Gasteiger partial charge in [-0.25, -0.2) is 0 Å². The Morgan fingerprint density at radius 3 is 2.76 bits per heavy atom. The van der Waals surface area contributed by atoms with E-state index in [4.69, 9.17) is 4.74 Å². The molecule has 1 aliphatic rings. The van der Waals surface area contributed by atoms with Gasteiger partial charge in [-0.3, -0.25) is 9.59 Å². The maximum atomic E-state index is 12.1. The molecule has 114 valence electrons. The highest BCUT2D eigenvalue weighted by atomic mass is 16.5. The lowest BCUT2D eigenvalue weighted by molar-refractivity contribution is -0.121. The monoisotopic (exact) mass is 289 g/mol. The van der Waals surface area contributed by atoms with Crippen molar-refractivity contribution in [1.29, 1.82) is 0 Å². The smallest absolute Gasteiger partial charge is 0.265 e. The van der Waals surface area contributed by atoms with E-state index in [-0.39, 0.29) is 18.3 Å².